The number of benzene rings is 1. The van der Waals surface area contributed by atoms with Gasteiger partial charge in [-0.3, -0.25) is 0 Å². The van der Waals surface area contributed by atoms with Crippen LogP contribution in [-0.4, -0.2) is 0 Å². The Hall–Kier alpha value is -1.30. The van der Waals surface area contributed by atoms with E-state index in [2.05, 4.69) is 44.3 Å². The molecule has 0 radical (unpaired) electrons. The summed E-state index contributed by atoms with van der Waals surface area (Å²) in [6.45, 7) is 9.84. The van der Waals surface area contributed by atoms with Crippen LogP contribution < -0.4 is 0 Å². The molecule has 0 heterocycles. The molecule has 13 heavy (non-hydrogen) atoms. The van der Waals surface area contributed by atoms with E-state index in [9.17, 15) is 0 Å². The van der Waals surface area contributed by atoms with Crippen LogP contribution in [-0.2, 0) is 0 Å². The van der Waals surface area contributed by atoms with E-state index in [1.54, 1.807) is 0 Å². The predicted molar refractivity (Wildman–Crippen MR) is 58.8 cm³/mol. The van der Waals surface area contributed by atoms with Gasteiger partial charge >= 0.3 is 0 Å². The quantitative estimate of drug-likeness (QED) is 0.604. The Kier molecular flexibility index (Phi) is 3.51. The largest absolute Gasteiger partial charge is 0.0988 e. The molecule has 0 nitrogen and oxygen atoms in total. The highest BCUT2D eigenvalue weighted by Crippen LogP contribution is 2.21. The van der Waals surface area contributed by atoms with E-state index in [0.717, 1.165) is 12.0 Å². The maximum Gasteiger partial charge on any atom is -0.0150 e. The van der Waals surface area contributed by atoms with E-state index in [1.807, 2.05) is 12.1 Å². The maximum atomic E-state index is 3.92. The van der Waals surface area contributed by atoms with Crippen molar-refractivity contribution in [3.05, 3.63) is 60.7 Å². The van der Waals surface area contributed by atoms with Crippen molar-refractivity contribution in [2.45, 2.75) is 19.3 Å². The minimum atomic E-state index is 0.534. The van der Waals surface area contributed by atoms with Crippen LogP contribution in [0.2, 0.25) is 0 Å². The zero-order valence-corrected chi connectivity index (χ0v) is 8.16. The fourth-order valence-corrected chi connectivity index (χ4v) is 1.38. The third-order valence-electron chi connectivity index (χ3n) is 2.23. The molecule has 0 aliphatic rings. The second-order valence-electron chi connectivity index (χ2n) is 3.38. The number of hydrogen-bond donors (Lipinski definition) is 0. The fourth-order valence-electron chi connectivity index (χ4n) is 1.38. The van der Waals surface area contributed by atoms with E-state index in [-0.39, 0.29) is 0 Å². The van der Waals surface area contributed by atoms with Gasteiger partial charge in [-0.2, -0.15) is 0 Å². The number of hydrogen-bond acceptors (Lipinski definition) is 0. The Morgan fingerprint density at radius 3 is 2.54 bits per heavy atom. The van der Waals surface area contributed by atoms with Crippen molar-refractivity contribution in [2.75, 3.05) is 0 Å². The lowest BCUT2D eigenvalue weighted by Crippen LogP contribution is -1.93. The summed E-state index contributed by atoms with van der Waals surface area (Å²) in [5.74, 6) is 0.534. The Morgan fingerprint density at radius 2 is 2.00 bits per heavy atom. The molecule has 1 atom stereocenters. The van der Waals surface area contributed by atoms with Crippen LogP contribution in [0, 0.1) is 0 Å². The summed E-state index contributed by atoms with van der Waals surface area (Å²) in [4.78, 5) is 0. The first kappa shape index (κ1) is 9.79. The van der Waals surface area contributed by atoms with Gasteiger partial charge in [0.15, 0.2) is 0 Å². The Balaban J connectivity index is 2.63. The first-order valence-electron chi connectivity index (χ1n) is 4.59. The SMILES string of the molecule is C=CC(=C)CC(C)c1ccccc1. The van der Waals surface area contributed by atoms with E-state index in [0.29, 0.717) is 5.92 Å². The van der Waals surface area contributed by atoms with Crippen LogP contribution in [0.15, 0.2) is 55.1 Å². The Morgan fingerprint density at radius 1 is 1.38 bits per heavy atom. The van der Waals surface area contributed by atoms with Crippen LogP contribution in [0.4, 0.5) is 0 Å². The molecular formula is C13H16. The van der Waals surface area contributed by atoms with Crippen molar-refractivity contribution in [2.24, 2.45) is 0 Å². The smallest absolute Gasteiger partial charge is 0.0150 e. The van der Waals surface area contributed by atoms with Gasteiger partial charge < -0.3 is 0 Å². The molecule has 0 aliphatic carbocycles. The minimum absolute atomic E-state index is 0.534. The van der Waals surface area contributed by atoms with Gasteiger partial charge in [0.1, 0.15) is 0 Å². The molecular weight excluding hydrogens is 156 g/mol. The van der Waals surface area contributed by atoms with Gasteiger partial charge in [0.25, 0.3) is 0 Å². The Bertz CT molecular complexity index is 282. The molecule has 0 fully saturated rings. The molecule has 0 saturated heterocycles. The van der Waals surface area contributed by atoms with Gasteiger partial charge in [-0.05, 0) is 17.9 Å². The highest BCUT2D eigenvalue weighted by molar-refractivity contribution is 5.22. The topological polar surface area (TPSA) is 0 Å². The van der Waals surface area contributed by atoms with E-state index in [1.165, 1.54) is 5.56 Å². The molecule has 1 unspecified atom stereocenters. The predicted octanol–water partition coefficient (Wildman–Crippen LogP) is 3.92. The number of allylic oxidation sites excluding steroid dienone is 2. The zero-order chi connectivity index (χ0) is 9.68. The summed E-state index contributed by atoms with van der Waals surface area (Å²) < 4.78 is 0. The first-order chi connectivity index (χ1) is 6.24. The van der Waals surface area contributed by atoms with Crippen molar-refractivity contribution in [3.8, 4) is 0 Å². The average Bonchev–Trinajstić information content (AvgIpc) is 2.19. The summed E-state index contributed by atoms with van der Waals surface area (Å²) in [5.41, 5.74) is 2.47. The van der Waals surface area contributed by atoms with Crippen molar-refractivity contribution in [1.82, 2.24) is 0 Å². The molecule has 1 rings (SSSR count). The summed E-state index contributed by atoms with van der Waals surface area (Å²) in [6, 6.07) is 10.5. The lowest BCUT2D eigenvalue weighted by Gasteiger charge is -2.11. The van der Waals surface area contributed by atoms with Gasteiger partial charge in [-0.25, -0.2) is 0 Å². The summed E-state index contributed by atoms with van der Waals surface area (Å²) in [5, 5.41) is 0. The van der Waals surface area contributed by atoms with Crippen molar-refractivity contribution in [3.63, 3.8) is 0 Å². The van der Waals surface area contributed by atoms with Crippen LogP contribution in [0.5, 0.6) is 0 Å². The van der Waals surface area contributed by atoms with Gasteiger partial charge in [0, 0.05) is 0 Å². The summed E-state index contributed by atoms with van der Waals surface area (Å²) >= 11 is 0. The molecule has 0 aromatic heterocycles. The molecule has 0 heteroatoms. The molecule has 68 valence electrons. The van der Waals surface area contributed by atoms with Gasteiger partial charge in [-0.15, -0.1) is 0 Å². The van der Waals surface area contributed by atoms with Gasteiger partial charge in [0.05, 0.1) is 0 Å². The summed E-state index contributed by atoms with van der Waals surface area (Å²) in [6.07, 6.45) is 2.83. The number of rotatable bonds is 4. The average molecular weight is 172 g/mol. The molecule has 0 aliphatic heterocycles. The second-order valence-corrected chi connectivity index (χ2v) is 3.38. The Labute approximate surface area is 80.6 Å². The molecule has 1 aromatic rings. The van der Waals surface area contributed by atoms with Crippen molar-refractivity contribution in [1.29, 1.82) is 0 Å². The van der Waals surface area contributed by atoms with Crippen LogP contribution in [0.25, 0.3) is 0 Å². The highest BCUT2D eigenvalue weighted by Gasteiger charge is 2.04. The third-order valence-corrected chi connectivity index (χ3v) is 2.23. The normalized spacial score (nSPS) is 12.1. The lowest BCUT2D eigenvalue weighted by molar-refractivity contribution is 0.764. The maximum absolute atomic E-state index is 3.92. The van der Waals surface area contributed by atoms with Crippen molar-refractivity contribution < 1.29 is 0 Å². The first-order valence-corrected chi connectivity index (χ1v) is 4.59. The summed E-state index contributed by atoms with van der Waals surface area (Å²) in [7, 11) is 0. The molecule has 0 N–H and O–H groups in total. The van der Waals surface area contributed by atoms with Gasteiger partial charge in [-0.1, -0.05) is 62.1 Å². The lowest BCUT2D eigenvalue weighted by atomic mass is 9.94. The molecule has 0 bridgehead atoms. The molecule has 0 saturated carbocycles. The molecule has 0 spiro atoms. The van der Waals surface area contributed by atoms with Crippen LogP contribution >= 0.6 is 0 Å². The van der Waals surface area contributed by atoms with Gasteiger partial charge in [0.2, 0.25) is 0 Å². The van der Waals surface area contributed by atoms with Crippen molar-refractivity contribution >= 4 is 0 Å². The monoisotopic (exact) mass is 172 g/mol. The second kappa shape index (κ2) is 4.66. The zero-order valence-electron chi connectivity index (χ0n) is 8.16. The van der Waals surface area contributed by atoms with E-state index < -0.39 is 0 Å². The standard InChI is InChI=1S/C13H16/c1-4-11(2)10-12(3)13-8-6-5-7-9-13/h4-9,12H,1-2,10H2,3H3. The van der Waals surface area contributed by atoms with Crippen LogP contribution in [0.3, 0.4) is 0 Å². The third kappa shape index (κ3) is 2.90. The molecule has 1 aromatic carbocycles. The minimum Gasteiger partial charge on any atom is -0.0988 e. The highest BCUT2D eigenvalue weighted by atomic mass is 14.1. The van der Waals surface area contributed by atoms with Crippen LogP contribution in [0.1, 0.15) is 24.8 Å². The van der Waals surface area contributed by atoms with E-state index in [4.69, 9.17) is 0 Å². The molecule has 0 amide bonds. The fraction of sp³-hybridized carbons (Fsp3) is 0.231. The van der Waals surface area contributed by atoms with E-state index >= 15 is 0 Å².